The minimum Gasteiger partial charge on any atom is -0.489 e. The fourth-order valence-electron chi connectivity index (χ4n) is 4.80. The number of benzene rings is 3. The molecule has 0 N–H and O–H groups in total. The summed E-state index contributed by atoms with van der Waals surface area (Å²) in [6, 6.07) is 21.9. The average Bonchev–Trinajstić information content (AvgIpc) is 3.27. The Labute approximate surface area is 201 Å². The van der Waals surface area contributed by atoms with Crippen LogP contribution < -0.4 is 10.3 Å². The summed E-state index contributed by atoms with van der Waals surface area (Å²) < 4.78 is 9.96. The molecule has 1 aliphatic heterocycles. The molecule has 1 atom stereocenters. The molecule has 0 saturated heterocycles. The van der Waals surface area contributed by atoms with Gasteiger partial charge in [-0.1, -0.05) is 35.9 Å². The lowest BCUT2D eigenvalue weighted by Gasteiger charge is -2.22. The van der Waals surface area contributed by atoms with E-state index >= 15 is 0 Å². The zero-order valence-corrected chi connectivity index (χ0v) is 19.6. The fourth-order valence-corrected chi connectivity index (χ4v) is 4.97. The van der Waals surface area contributed by atoms with Crippen molar-refractivity contribution in [3.63, 3.8) is 0 Å². The van der Waals surface area contributed by atoms with Gasteiger partial charge in [-0.05, 0) is 65.6 Å². The minimum absolute atomic E-state index is 0.0499. The van der Waals surface area contributed by atoms with Gasteiger partial charge in [0.2, 0.25) is 0 Å². The number of imidazole rings is 1. The van der Waals surface area contributed by atoms with Gasteiger partial charge in [0, 0.05) is 35.3 Å². The molecule has 34 heavy (non-hydrogen) atoms. The molecule has 3 aromatic carbocycles. The first-order valence-corrected chi connectivity index (χ1v) is 11.5. The van der Waals surface area contributed by atoms with Gasteiger partial charge in [-0.15, -0.1) is 0 Å². The Bertz CT molecular complexity index is 1630. The lowest BCUT2D eigenvalue weighted by Crippen LogP contribution is -2.17. The monoisotopic (exact) mass is 467 g/mol. The first-order valence-electron chi connectivity index (χ1n) is 11.1. The van der Waals surface area contributed by atoms with Crippen LogP contribution in [0.4, 0.5) is 0 Å². The quantitative estimate of drug-likeness (QED) is 0.308. The number of ether oxygens (including phenoxy) is 1. The normalized spacial score (nSPS) is 14.9. The summed E-state index contributed by atoms with van der Waals surface area (Å²) in [5.41, 5.74) is 6.68. The van der Waals surface area contributed by atoms with Crippen molar-refractivity contribution in [1.82, 2.24) is 14.1 Å². The predicted octanol–water partition coefficient (Wildman–Crippen LogP) is 5.89. The van der Waals surface area contributed by atoms with Gasteiger partial charge < -0.3 is 13.9 Å². The van der Waals surface area contributed by atoms with Crippen LogP contribution in [0, 0.1) is 6.92 Å². The highest BCUT2D eigenvalue weighted by molar-refractivity contribution is 6.31. The lowest BCUT2D eigenvalue weighted by atomic mass is 9.93. The Morgan fingerprint density at radius 2 is 1.85 bits per heavy atom. The van der Waals surface area contributed by atoms with Crippen molar-refractivity contribution in [3.05, 3.63) is 117 Å². The van der Waals surface area contributed by atoms with E-state index in [1.807, 2.05) is 62.9 Å². The Hall–Kier alpha value is -3.83. The van der Waals surface area contributed by atoms with E-state index in [9.17, 15) is 4.79 Å². The third-order valence-electron chi connectivity index (χ3n) is 6.54. The van der Waals surface area contributed by atoms with E-state index in [1.54, 1.807) is 10.6 Å². The molecule has 0 fully saturated rings. The van der Waals surface area contributed by atoms with Gasteiger partial charge in [-0.25, -0.2) is 4.98 Å². The van der Waals surface area contributed by atoms with Crippen LogP contribution in [0.3, 0.4) is 0 Å². The molecule has 6 bridgehead atoms. The molecule has 6 heteroatoms. The zero-order valence-electron chi connectivity index (χ0n) is 18.8. The van der Waals surface area contributed by atoms with E-state index in [2.05, 4.69) is 33.8 Å². The van der Waals surface area contributed by atoms with Crippen LogP contribution in [0.15, 0.2) is 84.0 Å². The second kappa shape index (κ2) is 7.89. The maximum Gasteiger partial charge on any atom is 0.251 e. The van der Waals surface area contributed by atoms with Crippen LogP contribution in [0.1, 0.15) is 28.4 Å². The van der Waals surface area contributed by atoms with Crippen molar-refractivity contribution >= 4 is 22.5 Å². The minimum atomic E-state index is -0.115. The van der Waals surface area contributed by atoms with Gasteiger partial charge >= 0.3 is 0 Å². The smallest absolute Gasteiger partial charge is 0.251 e. The first kappa shape index (κ1) is 20.8. The molecule has 0 saturated carbocycles. The van der Waals surface area contributed by atoms with Gasteiger partial charge in [0.05, 0.1) is 23.6 Å². The van der Waals surface area contributed by atoms with E-state index in [0.29, 0.717) is 11.6 Å². The molecule has 2 aromatic heterocycles. The van der Waals surface area contributed by atoms with Crippen LogP contribution in [-0.4, -0.2) is 14.1 Å². The number of hydrogen-bond acceptors (Lipinski definition) is 3. The van der Waals surface area contributed by atoms with Gasteiger partial charge in [0.15, 0.2) is 0 Å². The van der Waals surface area contributed by atoms with E-state index in [0.717, 1.165) is 50.2 Å². The number of nitrogens with zero attached hydrogens (tertiary/aromatic N) is 3. The Morgan fingerprint density at radius 1 is 1.03 bits per heavy atom. The maximum atomic E-state index is 12.8. The fraction of sp³-hybridized carbons (Fsp3) is 0.143. The van der Waals surface area contributed by atoms with Gasteiger partial charge in [0.1, 0.15) is 12.4 Å². The molecular formula is C28H22ClN3O2. The highest BCUT2D eigenvalue weighted by Crippen LogP contribution is 2.36. The number of rotatable bonds is 1. The van der Waals surface area contributed by atoms with E-state index in [4.69, 9.17) is 16.3 Å². The molecule has 168 valence electrons. The molecule has 0 amide bonds. The number of aromatic nitrogens is 3. The molecule has 5 nitrogen and oxygen atoms in total. The number of hydrogen-bond donors (Lipinski definition) is 0. The van der Waals surface area contributed by atoms with Crippen LogP contribution in [0.2, 0.25) is 5.02 Å². The molecule has 3 heterocycles. The Morgan fingerprint density at radius 3 is 2.68 bits per heavy atom. The molecule has 0 spiro atoms. The van der Waals surface area contributed by atoms with Crippen LogP contribution in [0.25, 0.3) is 22.0 Å². The molecule has 5 aromatic rings. The topological polar surface area (TPSA) is 49.0 Å². The predicted molar refractivity (Wildman–Crippen MR) is 135 cm³/mol. The van der Waals surface area contributed by atoms with Crippen molar-refractivity contribution in [2.24, 2.45) is 7.05 Å². The van der Waals surface area contributed by atoms with E-state index in [1.165, 1.54) is 0 Å². The first-order chi connectivity index (χ1) is 16.5. The average molecular weight is 468 g/mol. The van der Waals surface area contributed by atoms with Crippen molar-refractivity contribution in [2.75, 3.05) is 0 Å². The highest BCUT2D eigenvalue weighted by atomic mass is 35.5. The molecule has 6 rings (SSSR count). The molecule has 0 unspecified atom stereocenters. The Balaban J connectivity index is 1.71. The Kier molecular flexibility index (Phi) is 4.82. The van der Waals surface area contributed by atoms with Gasteiger partial charge in [-0.2, -0.15) is 0 Å². The SMILES string of the molecule is Cc1cn([C@@H]2c3ccc(Cl)c(c3)COc3cccc(c3)-c3cc(=O)n(C)c4ccc2cc34)cn1. The second-order valence-electron chi connectivity index (χ2n) is 8.76. The number of halogens is 1. The van der Waals surface area contributed by atoms with Crippen LogP contribution in [0.5, 0.6) is 5.75 Å². The number of fused-ring (bicyclic) bond motifs is 6. The van der Waals surface area contributed by atoms with Gasteiger partial charge in [0.25, 0.3) is 5.56 Å². The largest absolute Gasteiger partial charge is 0.489 e. The summed E-state index contributed by atoms with van der Waals surface area (Å²) >= 11 is 6.56. The summed E-state index contributed by atoms with van der Waals surface area (Å²) in [7, 11) is 1.81. The molecule has 0 radical (unpaired) electrons. The van der Waals surface area contributed by atoms with Crippen molar-refractivity contribution < 1.29 is 4.74 Å². The molecule has 0 aliphatic carbocycles. The molecule has 1 aliphatic rings. The van der Waals surface area contributed by atoms with Crippen molar-refractivity contribution in [1.29, 1.82) is 0 Å². The summed E-state index contributed by atoms with van der Waals surface area (Å²) in [5.74, 6) is 0.727. The summed E-state index contributed by atoms with van der Waals surface area (Å²) in [6.07, 6.45) is 3.90. The van der Waals surface area contributed by atoms with E-state index in [-0.39, 0.29) is 11.6 Å². The summed E-state index contributed by atoms with van der Waals surface area (Å²) in [4.78, 5) is 17.3. The summed E-state index contributed by atoms with van der Waals surface area (Å²) in [5, 5.41) is 1.67. The number of aryl methyl sites for hydroxylation is 2. The second-order valence-corrected chi connectivity index (χ2v) is 9.17. The standard InChI is InChI=1S/C28H22ClN3O2/c1-17-14-32(16-30-17)28-19-6-8-25(29)21(10-19)15-34-22-5-3-4-18(11-22)23-13-27(33)31(2)26-9-7-20(28)12-24(23)26/h3-14,16,28H,15H2,1-2H3/t28-/m1/s1. The van der Waals surface area contributed by atoms with Gasteiger partial charge in [-0.3, -0.25) is 4.79 Å². The third kappa shape index (κ3) is 3.40. The number of pyridine rings is 1. The summed E-state index contributed by atoms with van der Waals surface area (Å²) in [6.45, 7) is 2.33. The highest BCUT2D eigenvalue weighted by Gasteiger charge is 2.21. The van der Waals surface area contributed by atoms with Crippen LogP contribution >= 0.6 is 11.6 Å². The van der Waals surface area contributed by atoms with Crippen molar-refractivity contribution in [2.45, 2.75) is 19.6 Å². The van der Waals surface area contributed by atoms with E-state index < -0.39 is 0 Å². The lowest BCUT2D eigenvalue weighted by molar-refractivity contribution is 0.306. The van der Waals surface area contributed by atoms with Crippen molar-refractivity contribution in [3.8, 4) is 16.9 Å². The van der Waals surface area contributed by atoms with Crippen LogP contribution in [-0.2, 0) is 13.7 Å². The zero-order chi connectivity index (χ0) is 23.4. The molecular weight excluding hydrogens is 446 g/mol. The maximum absolute atomic E-state index is 12.8. The third-order valence-corrected chi connectivity index (χ3v) is 6.91.